The quantitative estimate of drug-likeness (QED) is 0.775. The number of likely N-dealkylation sites (N-methyl/N-ethyl adjacent to an activating group) is 2. The van der Waals surface area contributed by atoms with Crippen molar-refractivity contribution in [1.29, 1.82) is 0 Å². The van der Waals surface area contributed by atoms with Crippen LogP contribution in [0.5, 0.6) is 5.75 Å². The Hall–Kier alpha value is -3.16. The van der Waals surface area contributed by atoms with Crippen LogP contribution in [0.4, 0.5) is 10.7 Å². The van der Waals surface area contributed by atoms with Crippen LogP contribution in [0.25, 0.3) is 5.69 Å². The summed E-state index contributed by atoms with van der Waals surface area (Å²) in [6, 6.07) is 6.74. The number of benzene rings is 1. The maximum Gasteiger partial charge on any atom is 0.407 e. The summed E-state index contributed by atoms with van der Waals surface area (Å²) in [7, 11) is 1.65. The van der Waals surface area contributed by atoms with E-state index in [-0.39, 0.29) is 11.9 Å². The number of rotatable bonds is 4. The Labute approximate surface area is 157 Å². The van der Waals surface area contributed by atoms with Crippen molar-refractivity contribution < 1.29 is 18.9 Å². The molecule has 1 aromatic heterocycles. The lowest BCUT2D eigenvalue weighted by atomic mass is 10.1. The fourth-order valence-electron chi connectivity index (χ4n) is 3.69. The van der Waals surface area contributed by atoms with E-state index in [9.17, 15) is 9.59 Å². The van der Waals surface area contributed by atoms with E-state index in [1.54, 1.807) is 14.0 Å². The third-order valence-corrected chi connectivity index (χ3v) is 4.93. The minimum atomic E-state index is -0.623. The zero-order valence-electron chi connectivity index (χ0n) is 15.8. The van der Waals surface area contributed by atoms with Crippen LogP contribution < -0.4 is 9.30 Å². The molecule has 0 radical (unpaired) electrons. The fourth-order valence-corrected chi connectivity index (χ4v) is 3.69. The summed E-state index contributed by atoms with van der Waals surface area (Å²) in [5.41, 5.74) is 1.78. The highest BCUT2D eigenvalue weighted by Crippen LogP contribution is 2.33. The molecule has 0 aliphatic carbocycles. The number of hydrogen-bond donors (Lipinski definition) is 0. The molecule has 2 aromatic rings. The van der Waals surface area contributed by atoms with Gasteiger partial charge in [0.2, 0.25) is 11.9 Å². The van der Waals surface area contributed by atoms with Crippen LogP contribution in [0.1, 0.15) is 25.6 Å². The first-order valence-electron chi connectivity index (χ1n) is 9.02. The molecule has 2 aliphatic heterocycles. The molecule has 140 valence electrons. The van der Waals surface area contributed by atoms with Crippen molar-refractivity contribution in [3.05, 3.63) is 36.2 Å². The van der Waals surface area contributed by atoms with Crippen LogP contribution in [0.2, 0.25) is 0 Å². The number of fused-ring (bicyclic) bond motifs is 3. The molecular weight excluding hydrogens is 346 g/mol. The van der Waals surface area contributed by atoms with Crippen molar-refractivity contribution in [2.75, 3.05) is 20.2 Å². The Kier molecular flexibility index (Phi) is 3.98. The monoisotopic (exact) mass is 368 g/mol. The Morgan fingerprint density at radius 3 is 2.67 bits per heavy atom. The first-order valence-corrected chi connectivity index (χ1v) is 9.02. The standard InChI is InChI=1S/C19H22N5O3/c1-5-22-17(25)15-16(21(4)19(22)26)20-18-23(15)11-12(3)24(18)13-9-7-8-10-14(13)27-6-2/h7-11,15H,5-6H2,1-4H3/q+1. The first kappa shape index (κ1) is 17.3. The van der Waals surface area contributed by atoms with E-state index in [0.29, 0.717) is 24.9 Å². The summed E-state index contributed by atoms with van der Waals surface area (Å²) in [5.74, 6) is 1.54. The SMILES string of the molecule is CCOc1ccccc1-n1c(C)c[n+]2c1N=C1C2C(=O)N(CC)C(=O)N1C. The van der Waals surface area contributed by atoms with Crippen LogP contribution in [-0.4, -0.2) is 52.3 Å². The predicted octanol–water partition coefficient (Wildman–Crippen LogP) is 1.97. The molecule has 4 rings (SSSR count). The minimum absolute atomic E-state index is 0.252. The van der Waals surface area contributed by atoms with Gasteiger partial charge in [-0.05, 0) is 32.9 Å². The van der Waals surface area contributed by atoms with Crippen LogP contribution in [0, 0.1) is 6.92 Å². The van der Waals surface area contributed by atoms with Gasteiger partial charge in [0.15, 0.2) is 5.75 Å². The number of carbonyl (C=O) groups excluding carboxylic acids is 2. The molecule has 8 heteroatoms. The van der Waals surface area contributed by atoms with Gasteiger partial charge in [-0.15, -0.1) is 0 Å². The van der Waals surface area contributed by atoms with Gasteiger partial charge in [-0.2, -0.15) is 4.57 Å². The van der Waals surface area contributed by atoms with Crippen molar-refractivity contribution in [2.24, 2.45) is 4.99 Å². The van der Waals surface area contributed by atoms with Crippen molar-refractivity contribution in [3.63, 3.8) is 0 Å². The Morgan fingerprint density at radius 2 is 1.96 bits per heavy atom. The number of amides is 3. The number of para-hydroxylation sites is 2. The summed E-state index contributed by atoms with van der Waals surface area (Å²) in [6.45, 7) is 6.56. The van der Waals surface area contributed by atoms with E-state index in [4.69, 9.17) is 4.74 Å². The molecule has 0 bridgehead atoms. The van der Waals surface area contributed by atoms with E-state index >= 15 is 0 Å². The fraction of sp³-hybridized carbons (Fsp3) is 0.368. The lowest BCUT2D eigenvalue weighted by molar-refractivity contribution is -0.676. The molecule has 0 spiro atoms. The Bertz CT molecular complexity index is 978. The number of urea groups is 1. The highest BCUT2D eigenvalue weighted by atomic mass is 16.5. The number of nitrogens with zero attached hydrogens (tertiary/aromatic N) is 5. The van der Waals surface area contributed by atoms with Crippen LogP contribution >= 0.6 is 0 Å². The van der Waals surface area contributed by atoms with Gasteiger partial charge in [0.1, 0.15) is 17.6 Å². The van der Waals surface area contributed by atoms with Crippen molar-refractivity contribution in [3.8, 4) is 11.4 Å². The molecule has 3 heterocycles. The number of carbonyl (C=O) groups is 2. The van der Waals surface area contributed by atoms with E-state index in [0.717, 1.165) is 17.1 Å². The van der Waals surface area contributed by atoms with Gasteiger partial charge in [-0.25, -0.2) is 9.36 Å². The van der Waals surface area contributed by atoms with Gasteiger partial charge in [-0.3, -0.25) is 14.6 Å². The second kappa shape index (κ2) is 6.22. The van der Waals surface area contributed by atoms with Gasteiger partial charge in [0.25, 0.3) is 5.91 Å². The molecule has 1 fully saturated rings. The number of ether oxygens (including phenoxy) is 1. The molecule has 1 unspecified atom stereocenters. The summed E-state index contributed by atoms with van der Waals surface area (Å²) < 4.78 is 9.56. The van der Waals surface area contributed by atoms with Crippen LogP contribution in [-0.2, 0) is 4.79 Å². The zero-order valence-corrected chi connectivity index (χ0v) is 15.8. The number of aromatic nitrogens is 2. The average Bonchev–Trinajstić information content (AvgIpc) is 3.16. The van der Waals surface area contributed by atoms with Crippen molar-refractivity contribution >= 4 is 23.7 Å². The average molecular weight is 368 g/mol. The third-order valence-electron chi connectivity index (χ3n) is 4.93. The number of amidine groups is 1. The maximum atomic E-state index is 12.9. The predicted molar refractivity (Wildman–Crippen MR) is 98.5 cm³/mol. The van der Waals surface area contributed by atoms with Crippen molar-refractivity contribution in [2.45, 2.75) is 26.8 Å². The lowest BCUT2D eigenvalue weighted by Crippen LogP contribution is -2.62. The Balaban J connectivity index is 1.89. The molecule has 2 aliphatic rings. The van der Waals surface area contributed by atoms with E-state index in [1.807, 2.05) is 53.4 Å². The second-order valence-electron chi connectivity index (χ2n) is 6.51. The molecule has 1 aromatic carbocycles. The molecule has 27 heavy (non-hydrogen) atoms. The molecule has 1 saturated heterocycles. The minimum Gasteiger partial charge on any atom is -0.490 e. The van der Waals surface area contributed by atoms with Gasteiger partial charge >= 0.3 is 12.0 Å². The van der Waals surface area contributed by atoms with Crippen LogP contribution in [0.3, 0.4) is 0 Å². The maximum absolute atomic E-state index is 12.9. The van der Waals surface area contributed by atoms with E-state index in [2.05, 4.69) is 4.99 Å². The molecular formula is C19H22N5O3+. The number of aliphatic imine (C=N–C) groups is 1. The lowest BCUT2D eigenvalue weighted by Gasteiger charge is -2.32. The molecule has 0 saturated carbocycles. The molecule has 3 amide bonds. The summed E-state index contributed by atoms with van der Waals surface area (Å²) in [5, 5.41) is 0. The smallest absolute Gasteiger partial charge is 0.407 e. The first-order chi connectivity index (χ1) is 13.0. The number of hydrogen-bond acceptors (Lipinski definition) is 4. The van der Waals surface area contributed by atoms with E-state index < -0.39 is 6.04 Å². The number of imidazole rings is 1. The summed E-state index contributed by atoms with van der Waals surface area (Å²) in [6.07, 6.45) is 1.90. The normalized spacial score (nSPS) is 18.5. The van der Waals surface area contributed by atoms with Crippen molar-refractivity contribution in [1.82, 2.24) is 14.4 Å². The largest absolute Gasteiger partial charge is 0.490 e. The zero-order chi connectivity index (χ0) is 19.3. The topological polar surface area (TPSA) is 71.0 Å². The van der Waals surface area contributed by atoms with Gasteiger partial charge in [0.05, 0.1) is 6.61 Å². The highest BCUT2D eigenvalue weighted by Gasteiger charge is 2.53. The highest BCUT2D eigenvalue weighted by molar-refractivity contribution is 6.19. The Morgan fingerprint density at radius 1 is 1.22 bits per heavy atom. The van der Waals surface area contributed by atoms with Gasteiger partial charge in [0, 0.05) is 13.6 Å². The molecule has 1 atom stereocenters. The van der Waals surface area contributed by atoms with Crippen LogP contribution in [0.15, 0.2) is 35.5 Å². The third kappa shape index (κ3) is 2.36. The van der Waals surface area contributed by atoms with Gasteiger partial charge < -0.3 is 4.74 Å². The second-order valence-corrected chi connectivity index (χ2v) is 6.51. The van der Waals surface area contributed by atoms with E-state index in [1.165, 1.54) is 9.80 Å². The molecule has 0 N–H and O–H groups in total. The number of aryl methyl sites for hydroxylation is 1. The summed E-state index contributed by atoms with van der Waals surface area (Å²) >= 11 is 0. The molecule has 8 nitrogen and oxygen atoms in total. The van der Waals surface area contributed by atoms with Gasteiger partial charge in [-0.1, -0.05) is 17.1 Å². The summed E-state index contributed by atoms with van der Waals surface area (Å²) in [4.78, 5) is 32.8. The number of imide groups is 1.